The number of amides is 1. The number of carbonyl (C=O) groups excluding carboxylic acids is 1. The van der Waals surface area contributed by atoms with E-state index in [-0.39, 0.29) is 24.1 Å². The zero-order chi connectivity index (χ0) is 11.2. The highest BCUT2D eigenvalue weighted by Gasteiger charge is 2.23. The first kappa shape index (κ1) is 13.4. The Morgan fingerprint density at radius 3 is 2.57 bits per heavy atom. The van der Waals surface area contributed by atoms with E-state index in [1.165, 1.54) is 0 Å². The number of nitrogens with one attached hydrogen (secondary N) is 1. The lowest BCUT2D eigenvalue weighted by molar-refractivity contribution is -0.123. The molecule has 0 saturated heterocycles. The van der Waals surface area contributed by atoms with Gasteiger partial charge >= 0.3 is 0 Å². The van der Waals surface area contributed by atoms with Crippen molar-refractivity contribution in [2.75, 3.05) is 6.61 Å². The van der Waals surface area contributed by atoms with E-state index in [2.05, 4.69) is 5.32 Å². The third kappa shape index (κ3) is 5.19. The topological polar surface area (TPSA) is 75.3 Å². The molecule has 14 heavy (non-hydrogen) atoms. The van der Waals surface area contributed by atoms with Crippen LogP contribution >= 0.6 is 0 Å². The predicted octanol–water partition coefficient (Wildman–Crippen LogP) is 0.391. The number of nitrogens with two attached hydrogens (primary N) is 1. The van der Waals surface area contributed by atoms with Crippen LogP contribution in [0, 0.1) is 0 Å². The molecular formula is C10H22N2O2. The molecule has 2 atom stereocenters. The van der Waals surface area contributed by atoms with Gasteiger partial charge in [0, 0.05) is 24.6 Å². The van der Waals surface area contributed by atoms with Crippen molar-refractivity contribution in [2.45, 2.75) is 51.6 Å². The van der Waals surface area contributed by atoms with Crippen LogP contribution in [0.25, 0.3) is 0 Å². The van der Waals surface area contributed by atoms with Crippen LogP contribution in [-0.4, -0.2) is 29.2 Å². The van der Waals surface area contributed by atoms with E-state index in [9.17, 15) is 4.79 Å². The van der Waals surface area contributed by atoms with Gasteiger partial charge in [-0.3, -0.25) is 4.79 Å². The maximum atomic E-state index is 11.4. The number of aliphatic hydroxyl groups excluding tert-OH is 1. The quantitative estimate of drug-likeness (QED) is 0.583. The summed E-state index contributed by atoms with van der Waals surface area (Å²) in [6.45, 7) is 5.81. The summed E-state index contributed by atoms with van der Waals surface area (Å²) in [5.41, 5.74) is 5.21. The fraction of sp³-hybridized carbons (Fsp3) is 0.900. The van der Waals surface area contributed by atoms with Crippen LogP contribution in [0.1, 0.15) is 40.0 Å². The number of aliphatic hydroxyl groups is 1. The molecule has 0 saturated carbocycles. The summed E-state index contributed by atoms with van der Waals surface area (Å²) in [5, 5.41) is 11.7. The van der Waals surface area contributed by atoms with Crippen molar-refractivity contribution in [1.29, 1.82) is 0 Å². The first-order chi connectivity index (χ1) is 6.43. The molecule has 0 aromatic carbocycles. The van der Waals surface area contributed by atoms with Gasteiger partial charge in [0.25, 0.3) is 0 Å². The van der Waals surface area contributed by atoms with E-state index >= 15 is 0 Å². The van der Waals surface area contributed by atoms with Crippen LogP contribution < -0.4 is 11.1 Å². The molecule has 0 radical (unpaired) electrons. The van der Waals surface area contributed by atoms with E-state index in [0.29, 0.717) is 12.8 Å². The molecule has 4 N–H and O–H groups in total. The van der Waals surface area contributed by atoms with Crippen LogP contribution in [0.4, 0.5) is 0 Å². The summed E-state index contributed by atoms with van der Waals surface area (Å²) in [7, 11) is 0. The highest BCUT2D eigenvalue weighted by Crippen LogP contribution is 2.13. The molecule has 0 aliphatic carbocycles. The SMILES string of the molecule is CCC(C)(CCO)NC(=O)CC(C)N. The van der Waals surface area contributed by atoms with Gasteiger partial charge in [0.05, 0.1) is 0 Å². The van der Waals surface area contributed by atoms with Gasteiger partial charge in [0.2, 0.25) is 5.91 Å². The van der Waals surface area contributed by atoms with Crippen molar-refractivity contribution in [3.8, 4) is 0 Å². The normalized spacial score (nSPS) is 17.2. The van der Waals surface area contributed by atoms with Crippen molar-refractivity contribution in [3.63, 3.8) is 0 Å². The Balaban J connectivity index is 4.10. The monoisotopic (exact) mass is 202 g/mol. The second-order valence-corrected chi connectivity index (χ2v) is 4.12. The Bertz CT molecular complexity index is 183. The molecule has 0 aromatic heterocycles. The molecule has 0 rings (SSSR count). The second-order valence-electron chi connectivity index (χ2n) is 4.12. The minimum absolute atomic E-state index is 0.0437. The average Bonchev–Trinajstić information content (AvgIpc) is 2.02. The smallest absolute Gasteiger partial charge is 0.221 e. The zero-order valence-electron chi connectivity index (χ0n) is 9.34. The first-order valence-corrected chi connectivity index (χ1v) is 5.11. The van der Waals surface area contributed by atoms with Crippen molar-refractivity contribution < 1.29 is 9.90 Å². The standard InChI is InChI=1S/C10H22N2O2/c1-4-10(3,5-6-13)12-9(14)7-8(2)11/h8,13H,4-7,11H2,1-3H3,(H,12,14). The molecule has 4 nitrogen and oxygen atoms in total. The predicted molar refractivity (Wildman–Crippen MR) is 56.8 cm³/mol. The van der Waals surface area contributed by atoms with Gasteiger partial charge < -0.3 is 16.2 Å². The van der Waals surface area contributed by atoms with Gasteiger partial charge in [-0.1, -0.05) is 6.92 Å². The van der Waals surface area contributed by atoms with Gasteiger partial charge in [-0.25, -0.2) is 0 Å². The summed E-state index contributed by atoms with van der Waals surface area (Å²) in [6, 6.07) is -0.120. The van der Waals surface area contributed by atoms with E-state index in [1.54, 1.807) is 6.92 Å². The lowest BCUT2D eigenvalue weighted by Crippen LogP contribution is -2.47. The highest BCUT2D eigenvalue weighted by atomic mass is 16.3. The van der Waals surface area contributed by atoms with Gasteiger partial charge in [-0.15, -0.1) is 0 Å². The maximum Gasteiger partial charge on any atom is 0.221 e. The van der Waals surface area contributed by atoms with Crippen molar-refractivity contribution >= 4 is 5.91 Å². The third-order valence-electron chi connectivity index (χ3n) is 2.39. The van der Waals surface area contributed by atoms with E-state index < -0.39 is 0 Å². The Kier molecular flexibility index (Phi) is 5.72. The molecule has 2 unspecified atom stereocenters. The molecule has 0 aliphatic heterocycles. The molecule has 0 aliphatic rings. The maximum absolute atomic E-state index is 11.4. The Morgan fingerprint density at radius 1 is 1.64 bits per heavy atom. The van der Waals surface area contributed by atoms with Crippen LogP contribution in [0.2, 0.25) is 0 Å². The number of hydrogen-bond acceptors (Lipinski definition) is 3. The largest absolute Gasteiger partial charge is 0.396 e. The lowest BCUT2D eigenvalue weighted by atomic mass is 9.94. The molecule has 0 aromatic rings. The van der Waals surface area contributed by atoms with E-state index in [4.69, 9.17) is 10.8 Å². The van der Waals surface area contributed by atoms with Crippen molar-refractivity contribution in [3.05, 3.63) is 0 Å². The molecule has 0 heterocycles. The van der Waals surface area contributed by atoms with E-state index in [1.807, 2.05) is 13.8 Å². The molecule has 84 valence electrons. The Morgan fingerprint density at radius 2 is 2.21 bits per heavy atom. The van der Waals surface area contributed by atoms with Crippen LogP contribution in [0.5, 0.6) is 0 Å². The summed E-state index contributed by atoms with van der Waals surface area (Å²) in [5.74, 6) is -0.0437. The van der Waals surface area contributed by atoms with Crippen LogP contribution in [0.3, 0.4) is 0 Å². The third-order valence-corrected chi connectivity index (χ3v) is 2.39. The number of hydrogen-bond donors (Lipinski definition) is 3. The summed E-state index contributed by atoms with van der Waals surface area (Å²) < 4.78 is 0. The van der Waals surface area contributed by atoms with Crippen molar-refractivity contribution in [2.24, 2.45) is 5.73 Å². The van der Waals surface area contributed by atoms with Gasteiger partial charge in [0.1, 0.15) is 0 Å². The van der Waals surface area contributed by atoms with Gasteiger partial charge in [-0.2, -0.15) is 0 Å². The number of carbonyl (C=O) groups is 1. The van der Waals surface area contributed by atoms with E-state index in [0.717, 1.165) is 6.42 Å². The van der Waals surface area contributed by atoms with Gasteiger partial charge in [-0.05, 0) is 26.7 Å². The molecule has 0 spiro atoms. The summed E-state index contributed by atoms with van der Waals surface area (Å²) in [4.78, 5) is 11.4. The highest BCUT2D eigenvalue weighted by molar-refractivity contribution is 5.77. The zero-order valence-corrected chi connectivity index (χ0v) is 9.34. The Labute approximate surface area is 85.9 Å². The van der Waals surface area contributed by atoms with Crippen LogP contribution in [-0.2, 0) is 4.79 Å². The van der Waals surface area contributed by atoms with Gasteiger partial charge in [0.15, 0.2) is 0 Å². The first-order valence-electron chi connectivity index (χ1n) is 5.11. The molecule has 0 bridgehead atoms. The minimum Gasteiger partial charge on any atom is -0.396 e. The molecule has 4 heteroatoms. The fourth-order valence-electron chi connectivity index (χ4n) is 1.25. The number of rotatable bonds is 6. The molecule has 1 amide bonds. The molecular weight excluding hydrogens is 180 g/mol. The Hall–Kier alpha value is -0.610. The van der Waals surface area contributed by atoms with Crippen molar-refractivity contribution in [1.82, 2.24) is 5.32 Å². The lowest BCUT2D eigenvalue weighted by Gasteiger charge is -2.29. The minimum atomic E-state index is -0.305. The second kappa shape index (κ2) is 5.98. The average molecular weight is 202 g/mol. The summed E-state index contributed by atoms with van der Waals surface area (Å²) in [6.07, 6.45) is 1.72. The molecule has 0 fully saturated rings. The summed E-state index contributed by atoms with van der Waals surface area (Å²) >= 11 is 0. The fourth-order valence-corrected chi connectivity index (χ4v) is 1.25. The van der Waals surface area contributed by atoms with Crippen LogP contribution in [0.15, 0.2) is 0 Å².